The molecule has 1 aliphatic heterocycles. The smallest absolute Gasteiger partial charge is 0.199 e. The number of rotatable bonds is 1. The maximum absolute atomic E-state index is 4.01. The zero-order valence-corrected chi connectivity index (χ0v) is 6.51. The Hall–Kier alpha value is -1.64. The highest BCUT2D eigenvalue weighted by atomic mass is 15.2. The fourth-order valence-electron chi connectivity index (χ4n) is 1.05. The number of allylic oxidation sites excluding steroid dienone is 2. The van der Waals surface area contributed by atoms with Gasteiger partial charge in [-0.25, -0.2) is 9.97 Å². The number of aromatic nitrogens is 2. The van der Waals surface area contributed by atoms with Gasteiger partial charge in [-0.3, -0.25) is 0 Å². The molecular weight excluding hydrogens is 150 g/mol. The first-order chi connectivity index (χ1) is 5.97. The average molecular weight is 158 g/mol. The van der Waals surface area contributed by atoms with Crippen LogP contribution in [0.1, 0.15) is 0 Å². The molecule has 2 rings (SSSR count). The van der Waals surface area contributed by atoms with Gasteiger partial charge < -0.3 is 4.90 Å². The van der Waals surface area contributed by atoms with Gasteiger partial charge in [-0.05, 0) is 12.1 Å². The summed E-state index contributed by atoms with van der Waals surface area (Å²) >= 11 is 0. The van der Waals surface area contributed by atoms with Gasteiger partial charge in [-0.15, -0.1) is 0 Å². The molecular formula is C9H8N3. The second-order valence-electron chi connectivity index (χ2n) is 2.44. The molecule has 3 heteroatoms. The molecule has 0 N–H and O–H groups in total. The summed E-state index contributed by atoms with van der Waals surface area (Å²) in [7, 11) is 0. The number of hydrogen-bond donors (Lipinski definition) is 0. The second-order valence-corrected chi connectivity index (χ2v) is 2.44. The Bertz CT molecular complexity index is 303. The molecule has 12 heavy (non-hydrogen) atoms. The zero-order chi connectivity index (χ0) is 8.23. The van der Waals surface area contributed by atoms with Crippen molar-refractivity contribution < 1.29 is 0 Å². The molecule has 0 amide bonds. The fraction of sp³-hybridized carbons (Fsp3) is 0.111. The summed E-state index contributed by atoms with van der Waals surface area (Å²) in [5, 5.41) is 0. The Labute approximate surface area is 71.1 Å². The van der Waals surface area contributed by atoms with Gasteiger partial charge >= 0.3 is 0 Å². The maximum atomic E-state index is 4.01. The molecule has 59 valence electrons. The van der Waals surface area contributed by atoms with E-state index in [-0.39, 0.29) is 0 Å². The molecule has 1 aromatic heterocycles. The first-order valence-corrected chi connectivity index (χ1v) is 3.76. The van der Waals surface area contributed by atoms with Crippen LogP contribution in [0.4, 0.5) is 5.82 Å². The maximum Gasteiger partial charge on any atom is 0.199 e. The Kier molecular flexibility index (Phi) is 1.86. The predicted octanol–water partition coefficient (Wildman–Crippen LogP) is 1.17. The van der Waals surface area contributed by atoms with E-state index in [1.54, 1.807) is 6.20 Å². The molecule has 0 saturated carbocycles. The van der Waals surface area contributed by atoms with E-state index in [1.807, 2.05) is 29.3 Å². The van der Waals surface area contributed by atoms with Crippen LogP contribution in [-0.2, 0) is 0 Å². The van der Waals surface area contributed by atoms with Crippen molar-refractivity contribution in [2.75, 3.05) is 11.4 Å². The second kappa shape index (κ2) is 3.17. The molecule has 0 atom stereocenters. The Morgan fingerprint density at radius 1 is 1.42 bits per heavy atom. The molecule has 1 aliphatic rings. The van der Waals surface area contributed by atoms with Gasteiger partial charge in [0.2, 0.25) is 0 Å². The molecule has 0 bridgehead atoms. The van der Waals surface area contributed by atoms with Crippen LogP contribution in [0.3, 0.4) is 0 Å². The minimum atomic E-state index is 0.862. The van der Waals surface area contributed by atoms with Gasteiger partial charge in [0, 0.05) is 18.9 Å². The van der Waals surface area contributed by atoms with E-state index in [0.717, 1.165) is 12.4 Å². The van der Waals surface area contributed by atoms with Crippen molar-refractivity contribution in [3.8, 4) is 0 Å². The quantitative estimate of drug-likeness (QED) is 0.614. The predicted molar refractivity (Wildman–Crippen MR) is 46.5 cm³/mol. The summed E-state index contributed by atoms with van der Waals surface area (Å²) in [6, 6.07) is 1.86. The van der Waals surface area contributed by atoms with E-state index < -0.39 is 0 Å². The molecule has 0 aromatic carbocycles. The SMILES string of the molecule is [c]1nccc(N2C=CC=CC2)n1. The van der Waals surface area contributed by atoms with Gasteiger partial charge in [0.1, 0.15) is 5.82 Å². The van der Waals surface area contributed by atoms with Crippen LogP contribution in [0, 0.1) is 6.33 Å². The van der Waals surface area contributed by atoms with Crippen LogP contribution in [0.15, 0.2) is 36.7 Å². The van der Waals surface area contributed by atoms with Crippen molar-refractivity contribution in [1.29, 1.82) is 0 Å². The van der Waals surface area contributed by atoms with Crippen molar-refractivity contribution in [2.45, 2.75) is 0 Å². The van der Waals surface area contributed by atoms with E-state index in [1.165, 1.54) is 0 Å². The topological polar surface area (TPSA) is 29.0 Å². The molecule has 0 unspecified atom stereocenters. The van der Waals surface area contributed by atoms with Crippen LogP contribution in [0.5, 0.6) is 0 Å². The molecule has 0 saturated heterocycles. The van der Waals surface area contributed by atoms with Gasteiger partial charge in [0.15, 0.2) is 6.33 Å². The largest absolute Gasteiger partial charge is 0.329 e. The van der Waals surface area contributed by atoms with Crippen LogP contribution in [0.25, 0.3) is 0 Å². The monoisotopic (exact) mass is 158 g/mol. The summed E-state index contributed by atoms with van der Waals surface area (Å²) in [6.07, 6.45) is 12.3. The van der Waals surface area contributed by atoms with Crippen molar-refractivity contribution in [3.05, 3.63) is 43.0 Å². The normalized spacial score (nSPS) is 15.2. The van der Waals surface area contributed by atoms with Crippen LogP contribution < -0.4 is 4.90 Å². The molecule has 0 aliphatic carbocycles. The lowest BCUT2D eigenvalue weighted by Crippen LogP contribution is -2.18. The van der Waals surface area contributed by atoms with Gasteiger partial charge in [-0.2, -0.15) is 0 Å². The van der Waals surface area contributed by atoms with Crippen molar-refractivity contribution in [1.82, 2.24) is 9.97 Å². The lowest BCUT2D eigenvalue weighted by atomic mass is 10.3. The minimum absolute atomic E-state index is 0.862. The third-order valence-corrected chi connectivity index (χ3v) is 1.63. The zero-order valence-electron chi connectivity index (χ0n) is 6.51. The van der Waals surface area contributed by atoms with Gasteiger partial charge in [-0.1, -0.05) is 12.2 Å². The Balaban J connectivity index is 2.21. The molecule has 0 fully saturated rings. The van der Waals surface area contributed by atoms with E-state index >= 15 is 0 Å². The molecule has 3 nitrogen and oxygen atoms in total. The summed E-state index contributed by atoms with van der Waals surface area (Å²) in [6.45, 7) is 0.862. The van der Waals surface area contributed by atoms with Crippen molar-refractivity contribution >= 4 is 5.82 Å². The standard InChI is InChI=1S/C9H8N3/c1-2-6-12(7-3-1)9-4-5-10-8-11-9/h1-6H,7H2. The number of anilines is 1. The first-order valence-electron chi connectivity index (χ1n) is 3.76. The minimum Gasteiger partial charge on any atom is -0.329 e. The third kappa shape index (κ3) is 1.34. The summed E-state index contributed by atoms with van der Waals surface area (Å²) < 4.78 is 0. The average Bonchev–Trinajstić information content (AvgIpc) is 2.21. The Morgan fingerprint density at radius 3 is 3.08 bits per heavy atom. The van der Waals surface area contributed by atoms with Crippen molar-refractivity contribution in [3.63, 3.8) is 0 Å². The number of nitrogens with zero attached hydrogens (tertiary/aromatic N) is 3. The fourth-order valence-corrected chi connectivity index (χ4v) is 1.05. The van der Waals surface area contributed by atoms with Crippen molar-refractivity contribution in [2.24, 2.45) is 0 Å². The lowest BCUT2D eigenvalue weighted by Gasteiger charge is -2.18. The lowest BCUT2D eigenvalue weighted by molar-refractivity contribution is 1.00. The highest BCUT2D eigenvalue weighted by Gasteiger charge is 2.02. The van der Waals surface area contributed by atoms with Crippen LogP contribution in [-0.4, -0.2) is 16.5 Å². The highest BCUT2D eigenvalue weighted by Crippen LogP contribution is 2.10. The van der Waals surface area contributed by atoms with Gasteiger partial charge in [0.05, 0.1) is 0 Å². The first kappa shape index (κ1) is 7.03. The summed E-state index contributed by atoms with van der Waals surface area (Å²) in [5.74, 6) is 0.880. The van der Waals surface area contributed by atoms with E-state index in [0.29, 0.717) is 0 Å². The number of hydrogen-bond acceptors (Lipinski definition) is 3. The molecule has 2 heterocycles. The summed E-state index contributed by atoms with van der Waals surface area (Å²) in [4.78, 5) is 9.77. The Morgan fingerprint density at radius 2 is 2.42 bits per heavy atom. The van der Waals surface area contributed by atoms with Crippen LogP contribution >= 0.6 is 0 Å². The van der Waals surface area contributed by atoms with E-state index in [4.69, 9.17) is 0 Å². The van der Waals surface area contributed by atoms with E-state index in [9.17, 15) is 0 Å². The van der Waals surface area contributed by atoms with Crippen LogP contribution in [0.2, 0.25) is 0 Å². The molecule has 0 spiro atoms. The van der Waals surface area contributed by atoms with Gasteiger partial charge in [0.25, 0.3) is 0 Å². The summed E-state index contributed by atoms with van der Waals surface area (Å²) in [5.41, 5.74) is 0. The third-order valence-electron chi connectivity index (χ3n) is 1.63. The highest BCUT2D eigenvalue weighted by molar-refractivity contribution is 5.43. The molecule has 1 radical (unpaired) electrons. The van der Waals surface area contributed by atoms with E-state index in [2.05, 4.69) is 22.4 Å². The molecule has 1 aromatic rings.